The summed E-state index contributed by atoms with van der Waals surface area (Å²) in [5.74, 6) is -0.156. The predicted octanol–water partition coefficient (Wildman–Crippen LogP) is 1.45. The Kier molecular flexibility index (Phi) is 2.03. The number of hydrogen-bond donors (Lipinski definition) is 2. The van der Waals surface area contributed by atoms with Gasteiger partial charge < -0.3 is 10.2 Å². The molecule has 3 aliphatic rings. The Labute approximate surface area is 93.6 Å². The van der Waals surface area contributed by atoms with Crippen LogP contribution >= 0.6 is 0 Å². The van der Waals surface area contributed by atoms with Gasteiger partial charge in [-0.25, -0.2) is 0 Å². The quantitative estimate of drug-likeness (QED) is 0.744. The molecule has 2 N–H and O–H groups in total. The number of carboxylic acid groups (broad SMARTS) is 2. The molecule has 3 rings (SSSR count). The van der Waals surface area contributed by atoms with Crippen molar-refractivity contribution in [2.24, 2.45) is 35.5 Å². The molecular weight excluding hydrogens is 208 g/mol. The van der Waals surface area contributed by atoms with Gasteiger partial charge in [0.1, 0.15) is 0 Å². The van der Waals surface area contributed by atoms with Crippen LogP contribution in [-0.2, 0) is 9.59 Å². The fourth-order valence-corrected chi connectivity index (χ4v) is 4.56. The first-order chi connectivity index (χ1) is 7.58. The van der Waals surface area contributed by atoms with Gasteiger partial charge in [-0.15, -0.1) is 0 Å². The van der Waals surface area contributed by atoms with Gasteiger partial charge in [-0.3, -0.25) is 9.59 Å². The number of aliphatic carboxylic acids is 2. The van der Waals surface area contributed by atoms with E-state index in [1.54, 1.807) is 0 Å². The molecule has 0 aromatic rings. The SMILES string of the molecule is O=C(O)[C@@H]1C[C@H]2[C@H](C1)[C@@H]1C[C@@H]2[C@@H](C(=O)O)C1. The van der Waals surface area contributed by atoms with Gasteiger partial charge in [0, 0.05) is 0 Å². The van der Waals surface area contributed by atoms with Crippen LogP contribution in [0.25, 0.3) is 0 Å². The van der Waals surface area contributed by atoms with Gasteiger partial charge >= 0.3 is 11.9 Å². The largest absolute Gasteiger partial charge is 0.481 e. The van der Waals surface area contributed by atoms with Gasteiger partial charge in [0.2, 0.25) is 0 Å². The summed E-state index contributed by atoms with van der Waals surface area (Å²) < 4.78 is 0. The second-order valence-corrected chi connectivity index (χ2v) is 5.67. The normalized spacial score (nSPS) is 49.2. The summed E-state index contributed by atoms with van der Waals surface area (Å²) in [6.45, 7) is 0. The highest BCUT2D eigenvalue weighted by Crippen LogP contribution is 2.62. The molecule has 0 radical (unpaired) electrons. The standard InChI is InChI=1S/C12H16O4/c13-11(14)6-3-7-5-1-9(8(7)4-6)10(2-5)12(15)16/h5-10H,1-4H2,(H,13,14)(H,15,16)/t5-,6+,7-,8+,9+,10+/m1/s1. The molecule has 6 atom stereocenters. The van der Waals surface area contributed by atoms with Crippen LogP contribution in [0.2, 0.25) is 0 Å². The maximum absolute atomic E-state index is 11.1. The molecule has 0 aromatic carbocycles. The summed E-state index contributed by atoms with van der Waals surface area (Å²) in [5.41, 5.74) is 0. The molecule has 3 fully saturated rings. The summed E-state index contributed by atoms with van der Waals surface area (Å²) in [6, 6.07) is 0. The van der Waals surface area contributed by atoms with E-state index in [2.05, 4.69) is 0 Å². The van der Waals surface area contributed by atoms with Gasteiger partial charge in [-0.05, 0) is 49.4 Å². The lowest BCUT2D eigenvalue weighted by Gasteiger charge is -2.28. The van der Waals surface area contributed by atoms with E-state index in [0.29, 0.717) is 24.2 Å². The van der Waals surface area contributed by atoms with Gasteiger partial charge in [-0.2, -0.15) is 0 Å². The molecule has 0 saturated heterocycles. The van der Waals surface area contributed by atoms with E-state index >= 15 is 0 Å². The Bertz CT molecular complexity index is 351. The lowest BCUT2D eigenvalue weighted by atomic mass is 9.76. The molecule has 4 heteroatoms. The van der Waals surface area contributed by atoms with Crippen molar-refractivity contribution in [3.63, 3.8) is 0 Å². The second kappa shape index (κ2) is 3.22. The van der Waals surface area contributed by atoms with Crippen molar-refractivity contribution in [1.29, 1.82) is 0 Å². The Hall–Kier alpha value is -1.06. The molecule has 0 aromatic heterocycles. The van der Waals surface area contributed by atoms with Crippen molar-refractivity contribution < 1.29 is 19.8 Å². The van der Waals surface area contributed by atoms with E-state index in [-0.39, 0.29) is 17.8 Å². The topological polar surface area (TPSA) is 74.6 Å². The van der Waals surface area contributed by atoms with Crippen LogP contribution in [0.3, 0.4) is 0 Å². The first kappa shape index (κ1) is 10.1. The third-order valence-corrected chi connectivity index (χ3v) is 5.13. The van der Waals surface area contributed by atoms with Crippen molar-refractivity contribution in [2.45, 2.75) is 25.7 Å². The predicted molar refractivity (Wildman–Crippen MR) is 54.7 cm³/mol. The van der Waals surface area contributed by atoms with Gasteiger partial charge in [0.05, 0.1) is 11.8 Å². The van der Waals surface area contributed by atoms with E-state index in [0.717, 1.165) is 19.3 Å². The van der Waals surface area contributed by atoms with Crippen LogP contribution < -0.4 is 0 Å². The van der Waals surface area contributed by atoms with E-state index < -0.39 is 11.9 Å². The Morgan fingerprint density at radius 1 is 0.812 bits per heavy atom. The maximum atomic E-state index is 11.1. The second-order valence-electron chi connectivity index (χ2n) is 5.67. The van der Waals surface area contributed by atoms with Crippen molar-refractivity contribution in [3.8, 4) is 0 Å². The van der Waals surface area contributed by atoms with Crippen molar-refractivity contribution in [3.05, 3.63) is 0 Å². The molecular formula is C12H16O4. The van der Waals surface area contributed by atoms with E-state index in [9.17, 15) is 9.59 Å². The third-order valence-electron chi connectivity index (χ3n) is 5.13. The van der Waals surface area contributed by atoms with Gasteiger partial charge in [0.25, 0.3) is 0 Å². The summed E-state index contributed by atoms with van der Waals surface area (Å²) in [5, 5.41) is 18.1. The fraction of sp³-hybridized carbons (Fsp3) is 0.833. The zero-order valence-corrected chi connectivity index (χ0v) is 9.00. The van der Waals surface area contributed by atoms with Gasteiger partial charge in [-0.1, -0.05) is 0 Å². The summed E-state index contributed by atoms with van der Waals surface area (Å²) in [6.07, 6.45) is 3.31. The molecule has 4 nitrogen and oxygen atoms in total. The van der Waals surface area contributed by atoms with E-state index in [1.807, 2.05) is 0 Å². The molecule has 3 saturated carbocycles. The Morgan fingerprint density at radius 3 is 2.12 bits per heavy atom. The zero-order valence-electron chi connectivity index (χ0n) is 9.00. The molecule has 0 aliphatic heterocycles. The number of carbonyl (C=O) groups is 2. The monoisotopic (exact) mass is 224 g/mol. The Morgan fingerprint density at radius 2 is 1.50 bits per heavy atom. The van der Waals surface area contributed by atoms with Crippen LogP contribution in [0.5, 0.6) is 0 Å². The smallest absolute Gasteiger partial charge is 0.306 e. The zero-order chi connectivity index (χ0) is 11.4. The first-order valence-corrected chi connectivity index (χ1v) is 6.03. The minimum absolute atomic E-state index is 0.196. The number of fused-ring (bicyclic) bond motifs is 5. The first-order valence-electron chi connectivity index (χ1n) is 6.03. The highest BCUT2D eigenvalue weighted by Gasteiger charge is 2.58. The average molecular weight is 224 g/mol. The Balaban J connectivity index is 1.79. The summed E-state index contributed by atoms with van der Waals surface area (Å²) >= 11 is 0. The van der Waals surface area contributed by atoms with Crippen LogP contribution in [0.1, 0.15) is 25.7 Å². The van der Waals surface area contributed by atoms with Crippen LogP contribution in [-0.4, -0.2) is 22.2 Å². The minimum Gasteiger partial charge on any atom is -0.481 e. The highest BCUT2D eigenvalue weighted by atomic mass is 16.4. The molecule has 16 heavy (non-hydrogen) atoms. The maximum Gasteiger partial charge on any atom is 0.306 e. The number of rotatable bonds is 2. The van der Waals surface area contributed by atoms with Gasteiger partial charge in [0.15, 0.2) is 0 Å². The molecule has 3 aliphatic carbocycles. The van der Waals surface area contributed by atoms with Crippen molar-refractivity contribution >= 4 is 11.9 Å². The number of hydrogen-bond acceptors (Lipinski definition) is 2. The van der Waals surface area contributed by atoms with Crippen molar-refractivity contribution in [2.75, 3.05) is 0 Å². The fourth-order valence-electron chi connectivity index (χ4n) is 4.56. The lowest BCUT2D eigenvalue weighted by Crippen LogP contribution is -2.29. The molecule has 0 heterocycles. The molecule has 2 bridgehead atoms. The highest BCUT2D eigenvalue weighted by molar-refractivity contribution is 5.72. The van der Waals surface area contributed by atoms with Crippen LogP contribution in [0, 0.1) is 35.5 Å². The summed E-state index contributed by atoms with van der Waals surface area (Å²) in [4.78, 5) is 22.0. The molecule has 0 spiro atoms. The van der Waals surface area contributed by atoms with Crippen molar-refractivity contribution in [1.82, 2.24) is 0 Å². The molecule has 0 amide bonds. The minimum atomic E-state index is -0.694. The van der Waals surface area contributed by atoms with E-state index in [1.165, 1.54) is 0 Å². The number of carboxylic acids is 2. The molecule has 0 unspecified atom stereocenters. The lowest BCUT2D eigenvalue weighted by molar-refractivity contribution is -0.144. The third kappa shape index (κ3) is 1.22. The van der Waals surface area contributed by atoms with Crippen LogP contribution in [0.15, 0.2) is 0 Å². The molecule has 88 valence electrons. The average Bonchev–Trinajstić information content (AvgIpc) is 2.87. The van der Waals surface area contributed by atoms with E-state index in [4.69, 9.17) is 10.2 Å². The summed E-state index contributed by atoms with van der Waals surface area (Å²) in [7, 11) is 0. The van der Waals surface area contributed by atoms with Crippen LogP contribution in [0.4, 0.5) is 0 Å².